The standard InChI is InChI=1S/C19H16ClN5O3.C19H14ClN5O2/c1-11(26)17(23-14-7-8-16(22-2)15(20)9-14)19(28)25-24-18(27)13-5-3-12(10-21)4-6-13;1-11(26)17(23-14-8-9-16(22-3)15(20)10-14)19-25-24-18(27-19)12-4-6-13(21-2)7-5-12/h3-9,11,17,23,26H,1H3,(H,24,27)(H,25,28);4-11,17,23,26H,1H3/t2*11-,17+/m00/s1. The van der Waals surface area contributed by atoms with E-state index in [0.29, 0.717) is 38.9 Å². The molecule has 4 atom stereocenters. The summed E-state index contributed by atoms with van der Waals surface area (Å²) in [6.07, 6.45) is -1.92. The number of nitrogens with zero attached hydrogens (tertiary/aromatic N) is 6. The summed E-state index contributed by atoms with van der Waals surface area (Å²) in [5.74, 6) is -0.760. The van der Waals surface area contributed by atoms with Gasteiger partial charge in [0, 0.05) is 32.5 Å². The van der Waals surface area contributed by atoms with Crippen LogP contribution in [0.2, 0.25) is 10.0 Å². The molecule has 0 aliphatic heterocycles. The van der Waals surface area contributed by atoms with Gasteiger partial charge in [-0.05, 0) is 62.4 Å². The molecule has 6 N–H and O–H groups in total. The van der Waals surface area contributed by atoms with Crippen molar-refractivity contribution < 1.29 is 24.2 Å². The smallest absolute Gasteiger partial charge is 0.269 e. The Morgan fingerprint density at radius 2 is 1.36 bits per heavy atom. The minimum atomic E-state index is -1.09. The van der Waals surface area contributed by atoms with Gasteiger partial charge in [0.15, 0.2) is 5.69 Å². The Bertz CT molecular complexity index is 2320. The van der Waals surface area contributed by atoms with E-state index < -0.39 is 36.1 Å². The van der Waals surface area contributed by atoms with Crippen molar-refractivity contribution in [3.8, 4) is 17.5 Å². The summed E-state index contributed by atoms with van der Waals surface area (Å²) in [6.45, 7) is 24.0. The van der Waals surface area contributed by atoms with Gasteiger partial charge in [0.25, 0.3) is 11.8 Å². The molecule has 15 nitrogen and oxygen atoms in total. The van der Waals surface area contributed by atoms with E-state index in [1.165, 1.54) is 43.3 Å². The number of aliphatic hydroxyl groups is 2. The Morgan fingerprint density at radius 1 is 0.782 bits per heavy atom. The maximum Gasteiger partial charge on any atom is 0.269 e. The summed E-state index contributed by atoms with van der Waals surface area (Å²) < 4.78 is 5.71. The Labute approximate surface area is 325 Å². The molecular formula is C38H30Cl2N10O5. The van der Waals surface area contributed by atoms with E-state index in [1.54, 1.807) is 55.5 Å². The summed E-state index contributed by atoms with van der Waals surface area (Å²) >= 11 is 12.0. The van der Waals surface area contributed by atoms with E-state index in [1.807, 2.05) is 6.07 Å². The predicted molar refractivity (Wildman–Crippen MR) is 205 cm³/mol. The average Bonchev–Trinajstić information content (AvgIpc) is 3.68. The van der Waals surface area contributed by atoms with Crippen LogP contribution in [0.15, 0.2) is 89.3 Å². The Kier molecular flexibility index (Phi) is 14.2. The second kappa shape index (κ2) is 19.2. The highest BCUT2D eigenvalue weighted by atomic mass is 35.5. The van der Waals surface area contributed by atoms with Crippen molar-refractivity contribution in [1.82, 2.24) is 21.0 Å². The lowest BCUT2D eigenvalue weighted by Gasteiger charge is -2.22. The fourth-order valence-corrected chi connectivity index (χ4v) is 5.09. The van der Waals surface area contributed by atoms with Crippen molar-refractivity contribution in [3.63, 3.8) is 0 Å². The summed E-state index contributed by atoms with van der Waals surface area (Å²) in [4.78, 5) is 34.3. The Hall–Kier alpha value is -6.98. The van der Waals surface area contributed by atoms with Gasteiger partial charge in [-0.1, -0.05) is 59.6 Å². The van der Waals surface area contributed by atoms with E-state index >= 15 is 0 Å². The average molecular weight is 778 g/mol. The van der Waals surface area contributed by atoms with Crippen LogP contribution in [-0.2, 0) is 4.79 Å². The number of amides is 2. The van der Waals surface area contributed by atoms with Crippen LogP contribution in [0.5, 0.6) is 0 Å². The number of rotatable bonds is 10. The molecule has 0 fully saturated rings. The first-order valence-electron chi connectivity index (χ1n) is 16.0. The topological polar surface area (TPSA) is 199 Å². The molecule has 0 saturated carbocycles. The fourth-order valence-electron chi connectivity index (χ4n) is 4.65. The largest absolute Gasteiger partial charge is 0.418 e. The Morgan fingerprint density at radius 3 is 1.85 bits per heavy atom. The molecule has 0 aliphatic carbocycles. The van der Waals surface area contributed by atoms with E-state index in [9.17, 15) is 19.8 Å². The molecule has 0 saturated heterocycles. The molecule has 276 valence electrons. The van der Waals surface area contributed by atoms with Crippen molar-refractivity contribution in [2.75, 3.05) is 10.6 Å². The number of anilines is 2. The molecule has 2 amide bonds. The van der Waals surface area contributed by atoms with Gasteiger partial charge in [0.05, 0.1) is 43.6 Å². The van der Waals surface area contributed by atoms with Crippen molar-refractivity contribution in [2.24, 2.45) is 0 Å². The normalized spacial score (nSPS) is 12.3. The quantitative estimate of drug-likeness (QED) is 0.0613. The lowest BCUT2D eigenvalue weighted by atomic mass is 10.1. The van der Waals surface area contributed by atoms with Gasteiger partial charge in [-0.2, -0.15) is 5.26 Å². The number of halogens is 2. The number of hydrogen-bond donors (Lipinski definition) is 6. The number of aliphatic hydroxyl groups excluding tert-OH is 2. The molecule has 0 bridgehead atoms. The van der Waals surface area contributed by atoms with E-state index in [0.717, 1.165) is 0 Å². The van der Waals surface area contributed by atoms with E-state index in [2.05, 4.69) is 46.2 Å². The molecule has 17 heteroatoms. The summed E-state index contributed by atoms with van der Waals surface area (Å²) in [5, 5.41) is 43.3. The number of carbonyl (C=O) groups is 2. The van der Waals surface area contributed by atoms with Gasteiger partial charge < -0.3 is 25.3 Å². The van der Waals surface area contributed by atoms with Gasteiger partial charge in [-0.3, -0.25) is 20.4 Å². The van der Waals surface area contributed by atoms with Gasteiger partial charge in [0.1, 0.15) is 12.1 Å². The minimum Gasteiger partial charge on any atom is -0.418 e. The lowest BCUT2D eigenvalue weighted by Crippen LogP contribution is -2.52. The number of carbonyl (C=O) groups excluding carboxylic acids is 2. The van der Waals surface area contributed by atoms with Crippen LogP contribution in [0.4, 0.5) is 28.4 Å². The maximum absolute atomic E-state index is 12.4. The molecule has 0 radical (unpaired) electrons. The van der Waals surface area contributed by atoms with Gasteiger partial charge in [-0.15, -0.1) is 10.2 Å². The highest BCUT2D eigenvalue weighted by Gasteiger charge is 2.26. The second-order valence-electron chi connectivity index (χ2n) is 11.5. The molecule has 1 heterocycles. The van der Waals surface area contributed by atoms with Gasteiger partial charge >= 0.3 is 0 Å². The molecule has 5 rings (SSSR count). The van der Waals surface area contributed by atoms with Crippen LogP contribution in [0.25, 0.3) is 26.0 Å². The third-order valence-electron chi connectivity index (χ3n) is 7.55. The zero-order valence-electron chi connectivity index (χ0n) is 29.0. The Balaban J connectivity index is 0.000000245. The maximum atomic E-state index is 12.4. The molecule has 0 spiro atoms. The third-order valence-corrected chi connectivity index (χ3v) is 8.16. The number of nitriles is 1. The number of hydrazine groups is 1. The van der Waals surface area contributed by atoms with Crippen LogP contribution >= 0.6 is 23.2 Å². The van der Waals surface area contributed by atoms with Crippen molar-refractivity contribution >= 4 is 63.5 Å². The van der Waals surface area contributed by atoms with Crippen LogP contribution in [0.3, 0.4) is 0 Å². The van der Waals surface area contributed by atoms with Crippen molar-refractivity contribution in [2.45, 2.75) is 38.1 Å². The minimum absolute atomic E-state index is 0.207. The lowest BCUT2D eigenvalue weighted by molar-refractivity contribution is -0.124. The number of benzene rings is 4. The molecule has 5 aromatic rings. The first-order valence-corrected chi connectivity index (χ1v) is 16.8. The zero-order chi connectivity index (χ0) is 40.1. The van der Waals surface area contributed by atoms with E-state index in [4.69, 9.17) is 52.6 Å². The molecular weight excluding hydrogens is 747 g/mol. The highest BCUT2D eigenvalue weighted by molar-refractivity contribution is 6.34. The summed E-state index contributed by atoms with van der Waals surface area (Å²) in [6, 6.07) is 22.2. The van der Waals surface area contributed by atoms with Crippen LogP contribution < -0.4 is 21.5 Å². The summed E-state index contributed by atoms with van der Waals surface area (Å²) in [5.41, 5.74) is 7.99. The molecule has 4 aromatic carbocycles. The van der Waals surface area contributed by atoms with Gasteiger partial charge in [0.2, 0.25) is 23.2 Å². The number of hydrogen-bond acceptors (Lipinski definition) is 10. The fraction of sp³-hybridized carbons (Fsp3) is 0.158. The molecule has 0 unspecified atom stereocenters. The number of nitrogens with one attached hydrogen (secondary N) is 4. The van der Waals surface area contributed by atoms with E-state index in [-0.39, 0.29) is 28.1 Å². The molecule has 1 aromatic heterocycles. The first-order chi connectivity index (χ1) is 26.4. The SMILES string of the molecule is [C-]#[N+]c1ccc(-c2nnc([C@H](Nc3ccc([N+]#[C-])c(Cl)c3)[C@H](C)O)o2)cc1.[C-]#[N+]c1ccc(N[C@@H](C(=O)NNC(=O)c2ccc(C#N)cc2)[C@H](C)O)cc1Cl. The summed E-state index contributed by atoms with van der Waals surface area (Å²) in [7, 11) is 0. The van der Waals surface area contributed by atoms with Crippen LogP contribution in [0.1, 0.15) is 41.7 Å². The zero-order valence-corrected chi connectivity index (χ0v) is 30.5. The number of aromatic nitrogens is 2. The van der Waals surface area contributed by atoms with Crippen molar-refractivity contribution in [1.29, 1.82) is 5.26 Å². The predicted octanol–water partition coefficient (Wildman–Crippen LogP) is 7.41. The molecule has 0 aliphatic rings. The van der Waals surface area contributed by atoms with Crippen LogP contribution in [-0.4, -0.2) is 50.5 Å². The van der Waals surface area contributed by atoms with Crippen LogP contribution in [0, 0.1) is 31.0 Å². The van der Waals surface area contributed by atoms with Gasteiger partial charge in [-0.25, -0.2) is 14.5 Å². The first kappa shape index (κ1) is 40.8. The second-order valence-corrected chi connectivity index (χ2v) is 12.3. The monoisotopic (exact) mass is 776 g/mol. The molecule has 55 heavy (non-hydrogen) atoms. The third kappa shape index (κ3) is 11.0. The highest BCUT2D eigenvalue weighted by Crippen LogP contribution is 2.32. The van der Waals surface area contributed by atoms with Crippen molar-refractivity contribution in [3.05, 3.63) is 146 Å².